The minimum Gasteiger partial charge on any atom is -0.494 e. The summed E-state index contributed by atoms with van der Waals surface area (Å²) in [6.07, 6.45) is 3.40. The van der Waals surface area contributed by atoms with Gasteiger partial charge >= 0.3 is 0 Å². The molecule has 29 heavy (non-hydrogen) atoms. The van der Waals surface area contributed by atoms with E-state index >= 15 is 0 Å². The number of rotatable bonds is 9. The zero-order valence-corrected chi connectivity index (χ0v) is 18.1. The van der Waals surface area contributed by atoms with Crippen LogP contribution in [-0.4, -0.2) is 28.8 Å². The maximum atomic E-state index is 12.9. The lowest BCUT2D eigenvalue weighted by atomic mass is 10.2. The third kappa shape index (κ3) is 6.10. The van der Waals surface area contributed by atoms with Crippen molar-refractivity contribution < 1.29 is 9.53 Å². The van der Waals surface area contributed by atoms with Gasteiger partial charge in [-0.2, -0.15) is 10.4 Å². The number of aryl methyl sites for hydroxylation is 1. The molecule has 2 rings (SSSR count). The average Bonchev–Trinajstić information content (AvgIpc) is 2.94. The highest BCUT2D eigenvalue weighted by Crippen LogP contribution is 2.24. The van der Waals surface area contributed by atoms with Gasteiger partial charge in [-0.05, 0) is 50.1 Å². The molecule has 0 bridgehead atoms. The molecule has 0 aliphatic rings. The number of hydrogen-bond donors (Lipinski definition) is 0. The van der Waals surface area contributed by atoms with E-state index in [9.17, 15) is 4.79 Å². The number of halogens is 1. The van der Waals surface area contributed by atoms with Crippen molar-refractivity contribution in [3.8, 4) is 11.8 Å². The monoisotopic (exact) mass is 414 g/mol. The first-order valence-corrected chi connectivity index (χ1v) is 10.1. The Bertz CT molecular complexity index is 895. The molecule has 6 nitrogen and oxygen atoms in total. The largest absolute Gasteiger partial charge is 0.494 e. The van der Waals surface area contributed by atoms with Crippen molar-refractivity contribution in [3.05, 3.63) is 46.8 Å². The molecule has 0 aliphatic carbocycles. The predicted molar refractivity (Wildman–Crippen MR) is 116 cm³/mol. The van der Waals surface area contributed by atoms with Crippen LogP contribution in [0.15, 0.2) is 30.3 Å². The molecule has 1 amide bonds. The highest BCUT2D eigenvalue weighted by Gasteiger charge is 2.16. The number of nitriles is 1. The second kappa shape index (κ2) is 10.7. The molecule has 0 unspecified atom stereocenters. The third-order valence-corrected chi connectivity index (χ3v) is 4.61. The number of hydrogen-bond acceptors (Lipinski definition) is 4. The Morgan fingerprint density at radius 3 is 2.66 bits per heavy atom. The Balaban J connectivity index is 2.24. The number of carbonyl (C=O) groups excluding carboxylic acids is 1. The van der Waals surface area contributed by atoms with Crippen LogP contribution in [0, 0.1) is 24.2 Å². The van der Waals surface area contributed by atoms with Crippen molar-refractivity contribution in [3.63, 3.8) is 0 Å². The molecule has 0 spiro atoms. The summed E-state index contributed by atoms with van der Waals surface area (Å²) in [5, 5.41) is 13.9. The van der Waals surface area contributed by atoms with Gasteiger partial charge in [-0.15, -0.1) is 0 Å². The SMILES string of the molecule is CCOc1ccc(N(CCC#N)C(=O)/C=C/c2c(C)nn(CC(C)C)c2Cl)cc1. The Kier molecular flexibility index (Phi) is 8.29. The first-order chi connectivity index (χ1) is 13.9. The zero-order valence-electron chi connectivity index (χ0n) is 17.4. The lowest BCUT2D eigenvalue weighted by Crippen LogP contribution is -2.30. The van der Waals surface area contributed by atoms with E-state index < -0.39 is 0 Å². The molecule has 0 N–H and O–H groups in total. The smallest absolute Gasteiger partial charge is 0.251 e. The van der Waals surface area contributed by atoms with Gasteiger partial charge < -0.3 is 9.64 Å². The molecule has 1 heterocycles. The van der Waals surface area contributed by atoms with Crippen LogP contribution in [0.4, 0.5) is 5.69 Å². The molecule has 0 aliphatic heterocycles. The number of carbonyl (C=O) groups is 1. The van der Waals surface area contributed by atoms with Crippen LogP contribution in [0.25, 0.3) is 6.08 Å². The number of amides is 1. The fourth-order valence-electron chi connectivity index (χ4n) is 2.89. The Morgan fingerprint density at radius 2 is 2.07 bits per heavy atom. The van der Waals surface area contributed by atoms with Gasteiger partial charge in [0, 0.05) is 30.4 Å². The zero-order chi connectivity index (χ0) is 21.4. The maximum absolute atomic E-state index is 12.9. The Labute approximate surface area is 177 Å². The van der Waals surface area contributed by atoms with Gasteiger partial charge in [0.15, 0.2) is 0 Å². The average molecular weight is 415 g/mol. The predicted octanol–water partition coefficient (Wildman–Crippen LogP) is 4.86. The molecule has 0 saturated carbocycles. The normalized spacial score (nSPS) is 11.1. The number of anilines is 1. The van der Waals surface area contributed by atoms with Crippen LogP contribution in [0.2, 0.25) is 5.15 Å². The second-order valence-corrected chi connectivity index (χ2v) is 7.38. The third-order valence-electron chi connectivity index (χ3n) is 4.21. The summed E-state index contributed by atoms with van der Waals surface area (Å²) in [6.45, 7) is 9.55. The van der Waals surface area contributed by atoms with Crippen molar-refractivity contribution >= 4 is 29.3 Å². The number of nitrogens with zero attached hydrogens (tertiary/aromatic N) is 4. The summed E-state index contributed by atoms with van der Waals surface area (Å²) in [5.74, 6) is 0.919. The van der Waals surface area contributed by atoms with Crippen molar-refractivity contribution in [2.45, 2.75) is 40.7 Å². The van der Waals surface area contributed by atoms with Crippen LogP contribution < -0.4 is 9.64 Å². The lowest BCUT2D eigenvalue weighted by molar-refractivity contribution is -0.114. The van der Waals surface area contributed by atoms with Gasteiger partial charge in [0.25, 0.3) is 5.91 Å². The molecule has 7 heteroatoms. The summed E-state index contributed by atoms with van der Waals surface area (Å²) in [7, 11) is 0. The van der Waals surface area contributed by atoms with Crippen molar-refractivity contribution in [2.24, 2.45) is 5.92 Å². The Hall–Kier alpha value is -2.78. The highest BCUT2D eigenvalue weighted by molar-refractivity contribution is 6.31. The van der Waals surface area contributed by atoms with Crippen LogP contribution in [0.1, 0.15) is 38.4 Å². The molecule has 1 aromatic heterocycles. The minimum atomic E-state index is -0.225. The summed E-state index contributed by atoms with van der Waals surface area (Å²) < 4.78 is 7.21. The number of benzene rings is 1. The van der Waals surface area contributed by atoms with E-state index in [-0.39, 0.29) is 12.3 Å². The van der Waals surface area contributed by atoms with Crippen molar-refractivity contribution in [1.29, 1.82) is 5.26 Å². The quantitative estimate of drug-likeness (QED) is 0.549. The van der Waals surface area contributed by atoms with Crippen LogP contribution in [0.5, 0.6) is 5.75 Å². The van der Waals surface area contributed by atoms with Gasteiger partial charge in [-0.1, -0.05) is 25.4 Å². The lowest BCUT2D eigenvalue weighted by Gasteiger charge is -2.20. The van der Waals surface area contributed by atoms with Gasteiger partial charge in [0.2, 0.25) is 0 Å². The minimum absolute atomic E-state index is 0.225. The molecule has 154 valence electrons. The maximum Gasteiger partial charge on any atom is 0.251 e. The Morgan fingerprint density at radius 1 is 1.38 bits per heavy atom. The standard InChI is InChI=1S/C22H27ClN4O2/c1-5-29-19-9-7-18(8-10-19)26(14-6-13-24)21(28)12-11-20-17(4)25-27(22(20)23)15-16(2)3/h7-12,16H,5-6,14-15H2,1-4H3/b12-11+. The van der Waals surface area contributed by atoms with Gasteiger partial charge in [-0.25, -0.2) is 0 Å². The van der Waals surface area contributed by atoms with Gasteiger partial charge in [-0.3, -0.25) is 9.48 Å². The van der Waals surface area contributed by atoms with E-state index in [4.69, 9.17) is 21.6 Å². The van der Waals surface area contributed by atoms with Crippen LogP contribution in [0.3, 0.4) is 0 Å². The number of ether oxygens (including phenoxy) is 1. The molecule has 1 aromatic carbocycles. The van der Waals surface area contributed by atoms with E-state index in [1.807, 2.05) is 38.1 Å². The summed E-state index contributed by atoms with van der Waals surface area (Å²) in [6, 6.07) is 9.34. The van der Waals surface area contributed by atoms with E-state index in [0.29, 0.717) is 36.5 Å². The van der Waals surface area contributed by atoms with Gasteiger partial charge in [0.1, 0.15) is 10.9 Å². The summed E-state index contributed by atoms with van der Waals surface area (Å²) in [5.41, 5.74) is 2.20. The fourth-order valence-corrected chi connectivity index (χ4v) is 3.19. The molecule has 0 fully saturated rings. The fraction of sp³-hybridized carbons (Fsp3) is 0.409. The van der Waals surface area contributed by atoms with E-state index in [1.54, 1.807) is 15.7 Å². The summed E-state index contributed by atoms with van der Waals surface area (Å²) in [4.78, 5) is 14.4. The molecular weight excluding hydrogens is 388 g/mol. The van der Waals surface area contributed by atoms with E-state index in [1.165, 1.54) is 6.08 Å². The molecular formula is C22H27ClN4O2. The molecule has 0 radical (unpaired) electrons. The molecule has 2 aromatic rings. The van der Waals surface area contributed by atoms with Crippen LogP contribution >= 0.6 is 11.6 Å². The van der Waals surface area contributed by atoms with Crippen molar-refractivity contribution in [1.82, 2.24) is 9.78 Å². The first kappa shape index (κ1) is 22.5. The summed E-state index contributed by atoms with van der Waals surface area (Å²) >= 11 is 6.45. The van der Waals surface area contributed by atoms with Crippen molar-refractivity contribution in [2.75, 3.05) is 18.1 Å². The van der Waals surface area contributed by atoms with Gasteiger partial charge in [0.05, 0.1) is 24.8 Å². The van der Waals surface area contributed by atoms with E-state index in [0.717, 1.165) is 17.0 Å². The molecule has 0 atom stereocenters. The number of aromatic nitrogens is 2. The topological polar surface area (TPSA) is 71.2 Å². The highest BCUT2D eigenvalue weighted by atomic mass is 35.5. The van der Waals surface area contributed by atoms with Crippen LogP contribution in [-0.2, 0) is 11.3 Å². The van der Waals surface area contributed by atoms with E-state index in [2.05, 4.69) is 25.0 Å². The first-order valence-electron chi connectivity index (χ1n) is 9.69. The molecule has 0 saturated heterocycles. The second-order valence-electron chi connectivity index (χ2n) is 7.02.